The number of ether oxygens (including phenoxy) is 2. The van der Waals surface area contributed by atoms with Gasteiger partial charge in [-0.05, 0) is 42.1 Å². The number of esters is 1. The van der Waals surface area contributed by atoms with Crippen LogP contribution < -0.4 is 10.6 Å². The molecule has 2 amide bonds. The van der Waals surface area contributed by atoms with Crippen molar-refractivity contribution in [3.8, 4) is 11.1 Å². The number of nitrogens with one attached hydrogen (secondary N) is 2. The van der Waals surface area contributed by atoms with E-state index in [9.17, 15) is 19.5 Å². The fourth-order valence-electron chi connectivity index (χ4n) is 4.08. The van der Waals surface area contributed by atoms with E-state index in [0.717, 1.165) is 28.3 Å². The third-order valence-electron chi connectivity index (χ3n) is 6.20. The Bertz CT molecular complexity index is 1050. The van der Waals surface area contributed by atoms with E-state index >= 15 is 0 Å². The van der Waals surface area contributed by atoms with Crippen LogP contribution in [0.5, 0.6) is 0 Å². The number of benzene rings is 2. The van der Waals surface area contributed by atoms with Crippen LogP contribution in [0.2, 0.25) is 25.7 Å². The molecule has 2 aromatic carbocycles. The van der Waals surface area contributed by atoms with Crippen LogP contribution in [-0.2, 0) is 19.1 Å². The molecule has 0 aromatic heterocycles. The molecule has 9 heteroatoms. The Morgan fingerprint density at radius 1 is 0.917 bits per heavy atom. The number of aliphatic hydroxyl groups is 1. The third-order valence-corrected chi connectivity index (χ3v) is 7.91. The van der Waals surface area contributed by atoms with Crippen LogP contribution in [0.1, 0.15) is 30.9 Å². The molecule has 0 fully saturated rings. The van der Waals surface area contributed by atoms with Gasteiger partial charge >= 0.3 is 12.1 Å². The molecule has 0 saturated heterocycles. The van der Waals surface area contributed by atoms with E-state index in [4.69, 9.17) is 9.47 Å². The van der Waals surface area contributed by atoms with E-state index in [1.54, 1.807) is 0 Å². The van der Waals surface area contributed by atoms with Gasteiger partial charge in [-0.15, -0.1) is 0 Å². The van der Waals surface area contributed by atoms with E-state index in [1.165, 1.54) is 13.8 Å². The second-order valence-electron chi connectivity index (χ2n) is 10.4. The highest BCUT2D eigenvalue weighted by atomic mass is 28.3. The quantitative estimate of drug-likeness (QED) is 0.331. The summed E-state index contributed by atoms with van der Waals surface area (Å²) in [7, 11) is -1.40. The highest BCUT2D eigenvalue weighted by molar-refractivity contribution is 6.76. The van der Waals surface area contributed by atoms with Gasteiger partial charge in [-0.2, -0.15) is 0 Å². The number of fused-ring (bicyclic) bond motifs is 3. The van der Waals surface area contributed by atoms with Crippen molar-refractivity contribution >= 4 is 26.0 Å². The monoisotopic (exact) mass is 512 g/mol. The van der Waals surface area contributed by atoms with Crippen molar-refractivity contribution in [2.45, 2.75) is 63.6 Å². The Labute approximate surface area is 213 Å². The second kappa shape index (κ2) is 11.7. The Balaban J connectivity index is 1.53. The zero-order valence-electron chi connectivity index (χ0n) is 21.5. The third kappa shape index (κ3) is 6.95. The molecule has 0 saturated carbocycles. The number of carbonyl (C=O) groups excluding carboxylic acids is 3. The summed E-state index contributed by atoms with van der Waals surface area (Å²) >= 11 is 0. The molecule has 0 radical (unpaired) electrons. The first-order valence-electron chi connectivity index (χ1n) is 12.2. The van der Waals surface area contributed by atoms with Crippen molar-refractivity contribution in [2.24, 2.45) is 0 Å². The second-order valence-corrected chi connectivity index (χ2v) is 16.0. The predicted molar refractivity (Wildman–Crippen MR) is 140 cm³/mol. The molecule has 0 aliphatic heterocycles. The molecular formula is C27H36N2O6Si. The van der Waals surface area contributed by atoms with Gasteiger partial charge in [0.05, 0.1) is 12.7 Å². The average molecular weight is 513 g/mol. The lowest BCUT2D eigenvalue weighted by atomic mass is 9.98. The molecule has 8 nitrogen and oxygen atoms in total. The summed E-state index contributed by atoms with van der Waals surface area (Å²) in [6.07, 6.45) is -1.90. The summed E-state index contributed by atoms with van der Waals surface area (Å²) in [6.45, 7) is 9.71. The molecule has 3 N–H and O–H groups in total. The minimum absolute atomic E-state index is 0.0992. The number of alkyl carbamates (subject to hydrolysis) is 1. The van der Waals surface area contributed by atoms with Crippen molar-refractivity contribution in [1.29, 1.82) is 0 Å². The molecule has 0 spiro atoms. The van der Waals surface area contributed by atoms with Gasteiger partial charge in [-0.1, -0.05) is 68.2 Å². The van der Waals surface area contributed by atoms with E-state index in [-0.39, 0.29) is 19.1 Å². The van der Waals surface area contributed by atoms with E-state index in [1.807, 2.05) is 36.4 Å². The highest BCUT2D eigenvalue weighted by Gasteiger charge is 2.31. The summed E-state index contributed by atoms with van der Waals surface area (Å²) in [6, 6.07) is 14.6. The van der Waals surface area contributed by atoms with Crippen LogP contribution in [0.3, 0.4) is 0 Å². The van der Waals surface area contributed by atoms with Crippen LogP contribution in [0, 0.1) is 0 Å². The molecule has 0 unspecified atom stereocenters. The molecule has 1 aliphatic carbocycles. The maximum absolute atomic E-state index is 12.6. The minimum atomic E-state index is -1.40. The SMILES string of the molecule is C[C@H](NC(=O)OCC1c2ccccc2-c2ccccc21)C(=O)N[C@@H](C(=O)OCC[Si](C)(C)C)[C@H](C)O. The molecule has 0 bridgehead atoms. The Morgan fingerprint density at radius 2 is 1.47 bits per heavy atom. The zero-order valence-corrected chi connectivity index (χ0v) is 22.5. The van der Waals surface area contributed by atoms with Crippen molar-refractivity contribution in [2.75, 3.05) is 13.2 Å². The number of aliphatic hydroxyl groups excluding tert-OH is 1. The van der Waals surface area contributed by atoms with Gasteiger partial charge in [0.25, 0.3) is 0 Å². The van der Waals surface area contributed by atoms with Crippen LogP contribution >= 0.6 is 0 Å². The lowest BCUT2D eigenvalue weighted by molar-refractivity contribution is -0.150. The number of hydrogen-bond acceptors (Lipinski definition) is 6. The van der Waals surface area contributed by atoms with Gasteiger partial charge in [-0.25, -0.2) is 9.59 Å². The fraction of sp³-hybridized carbons (Fsp3) is 0.444. The Kier molecular flexibility index (Phi) is 8.92. The van der Waals surface area contributed by atoms with E-state index in [0.29, 0.717) is 0 Å². The molecule has 3 rings (SSSR count). The summed E-state index contributed by atoms with van der Waals surface area (Å²) in [4.78, 5) is 37.5. The number of hydrogen-bond donors (Lipinski definition) is 3. The first-order valence-corrected chi connectivity index (χ1v) is 15.9. The highest BCUT2D eigenvalue weighted by Crippen LogP contribution is 2.44. The molecule has 194 valence electrons. The predicted octanol–water partition coefficient (Wildman–Crippen LogP) is 3.66. The van der Waals surface area contributed by atoms with Gasteiger partial charge in [0.2, 0.25) is 5.91 Å². The number of carbonyl (C=O) groups is 3. The lowest BCUT2D eigenvalue weighted by Crippen LogP contribution is -2.54. The summed E-state index contributed by atoms with van der Waals surface area (Å²) in [5.41, 5.74) is 4.42. The topological polar surface area (TPSA) is 114 Å². The Hall–Kier alpha value is -3.17. The molecule has 36 heavy (non-hydrogen) atoms. The summed E-state index contributed by atoms with van der Waals surface area (Å²) < 4.78 is 10.7. The van der Waals surface area contributed by atoms with Crippen LogP contribution in [0.25, 0.3) is 11.1 Å². The maximum atomic E-state index is 12.6. The lowest BCUT2D eigenvalue weighted by Gasteiger charge is -2.23. The van der Waals surface area contributed by atoms with E-state index < -0.39 is 44.2 Å². The van der Waals surface area contributed by atoms with Crippen molar-refractivity contribution in [3.05, 3.63) is 59.7 Å². The summed E-state index contributed by atoms with van der Waals surface area (Å²) in [5.74, 6) is -1.43. The van der Waals surface area contributed by atoms with Gasteiger partial charge in [-0.3, -0.25) is 4.79 Å². The van der Waals surface area contributed by atoms with Crippen molar-refractivity contribution in [3.63, 3.8) is 0 Å². The average Bonchev–Trinajstić information content (AvgIpc) is 3.13. The van der Waals surface area contributed by atoms with Gasteiger partial charge in [0, 0.05) is 14.0 Å². The largest absolute Gasteiger partial charge is 0.464 e. The van der Waals surface area contributed by atoms with Crippen LogP contribution in [-0.4, -0.2) is 62.6 Å². The van der Waals surface area contributed by atoms with Crippen molar-refractivity contribution in [1.82, 2.24) is 10.6 Å². The minimum Gasteiger partial charge on any atom is -0.464 e. The summed E-state index contributed by atoms with van der Waals surface area (Å²) in [5, 5.41) is 15.0. The normalized spacial score (nSPS) is 15.2. The van der Waals surface area contributed by atoms with Crippen LogP contribution in [0.4, 0.5) is 4.79 Å². The first-order chi connectivity index (χ1) is 17.0. The van der Waals surface area contributed by atoms with Gasteiger partial charge in [0.1, 0.15) is 12.6 Å². The standard InChI is InChI=1S/C27H36N2O6Si/c1-17(25(31)29-24(18(2)30)26(32)34-14-15-36(3,4)5)28-27(33)35-16-23-21-12-8-6-10-19(21)20-11-7-9-13-22(20)23/h6-13,17-18,23-24,30H,14-16H2,1-5H3,(H,28,33)(H,29,31)/t17-,18-,24+/m0/s1. The van der Waals surface area contributed by atoms with Crippen molar-refractivity contribution < 1.29 is 29.0 Å². The first kappa shape index (κ1) is 27.4. The maximum Gasteiger partial charge on any atom is 0.407 e. The Morgan fingerprint density at radius 3 is 2.00 bits per heavy atom. The van der Waals surface area contributed by atoms with Gasteiger partial charge < -0.3 is 25.2 Å². The van der Waals surface area contributed by atoms with Gasteiger partial charge in [0.15, 0.2) is 6.04 Å². The molecule has 3 atom stereocenters. The van der Waals surface area contributed by atoms with Crippen LogP contribution in [0.15, 0.2) is 48.5 Å². The fourth-order valence-corrected chi connectivity index (χ4v) is 4.80. The van der Waals surface area contributed by atoms with E-state index in [2.05, 4.69) is 42.4 Å². The molecular weight excluding hydrogens is 476 g/mol. The molecule has 0 heterocycles. The smallest absolute Gasteiger partial charge is 0.407 e. The number of amides is 2. The molecule has 1 aliphatic rings. The zero-order chi connectivity index (χ0) is 26.5. The molecule has 2 aromatic rings. The number of rotatable bonds is 10.